The average Bonchev–Trinajstić information content (AvgIpc) is 2.67. The van der Waals surface area contributed by atoms with Crippen molar-refractivity contribution in [2.45, 2.75) is 11.1 Å². The van der Waals surface area contributed by atoms with Crippen molar-refractivity contribution < 1.29 is 26.4 Å². The summed E-state index contributed by atoms with van der Waals surface area (Å²) in [5, 5.41) is -0.0702. The van der Waals surface area contributed by atoms with Crippen molar-refractivity contribution in [1.29, 1.82) is 0 Å². The number of rotatable bonds is 3. The SMILES string of the molecule is O=C(c1ccc(Cl)nc1)N1CCN(S(=O)(=O)c2cc(C(F)(F)F)ccc2Cl)CC1. The first-order chi connectivity index (χ1) is 13.5. The fraction of sp³-hybridized carbons (Fsp3) is 0.294. The number of carbonyl (C=O) groups is 1. The fourth-order valence-electron chi connectivity index (χ4n) is 2.83. The molecule has 0 unspecified atom stereocenters. The van der Waals surface area contributed by atoms with Gasteiger partial charge in [-0.3, -0.25) is 4.79 Å². The summed E-state index contributed by atoms with van der Waals surface area (Å²) in [5.41, 5.74) is -0.809. The summed E-state index contributed by atoms with van der Waals surface area (Å²) in [4.78, 5) is 17.1. The molecule has 29 heavy (non-hydrogen) atoms. The molecule has 1 aliphatic rings. The Morgan fingerprint density at radius 3 is 2.24 bits per heavy atom. The molecule has 0 radical (unpaired) electrons. The molecule has 1 saturated heterocycles. The minimum Gasteiger partial charge on any atom is -0.336 e. The molecule has 0 spiro atoms. The predicted octanol–water partition coefficient (Wildman–Crippen LogP) is 3.55. The van der Waals surface area contributed by atoms with Crippen LogP contribution in [0.25, 0.3) is 0 Å². The van der Waals surface area contributed by atoms with Gasteiger partial charge < -0.3 is 4.90 Å². The smallest absolute Gasteiger partial charge is 0.336 e. The highest BCUT2D eigenvalue weighted by Gasteiger charge is 2.36. The molecule has 0 aliphatic carbocycles. The summed E-state index contributed by atoms with van der Waals surface area (Å²) < 4.78 is 65.5. The number of amides is 1. The highest BCUT2D eigenvalue weighted by Crippen LogP contribution is 2.34. The molecule has 0 atom stereocenters. The lowest BCUT2D eigenvalue weighted by Gasteiger charge is -2.34. The van der Waals surface area contributed by atoms with E-state index in [0.717, 1.165) is 16.4 Å². The van der Waals surface area contributed by atoms with E-state index in [4.69, 9.17) is 23.2 Å². The van der Waals surface area contributed by atoms with Gasteiger partial charge >= 0.3 is 6.18 Å². The van der Waals surface area contributed by atoms with Crippen LogP contribution in [0.1, 0.15) is 15.9 Å². The fourth-order valence-corrected chi connectivity index (χ4v) is 4.87. The van der Waals surface area contributed by atoms with Gasteiger partial charge in [0.1, 0.15) is 10.0 Å². The molecule has 1 amide bonds. The van der Waals surface area contributed by atoms with Crippen molar-refractivity contribution in [2.24, 2.45) is 0 Å². The summed E-state index contributed by atoms with van der Waals surface area (Å²) in [6, 6.07) is 5.12. The van der Waals surface area contributed by atoms with Gasteiger partial charge in [-0.25, -0.2) is 13.4 Å². The number of piperazine rings is 1. The van der Waals surface area contributed by atoms with Gasteiger partial charge in [-0.15, -0.1) is 0 Å². The van der Waals surface area contributed by atoms with Gasteiger partial charge in [0.25, 0.3) is 5.91 Å². The number of pyridine rings is 1. The molecular weight excluding hydrogens is 454 g/mol. The van der Waals surface area contributed by atoms with Gasteiger partial charge in [0.15, 0.2) is 0 Å². The van der Waals surface area contributed by atoms with E-state index in [9.17, 15) is 26.4 Å². The number of nitrogens with zero attached hydrogens (tertiary/aromatic N) is 3. The Hall–Kier alpha value is -1.88. The Balaban J connectivity index is 1.76. The lowest BCUT2D eigenvalue weighted by Crippen LogP contribution is -2.50. The van der Waals surface area contributed by atoms with E-state index in [0.29, 0.717) is 11.6 Å². The van der Waals surface area contributed by atoms with Crippen molar-refractivity contribution >= 4 is 39.1 Å². The Kier molecular flexibility index (Phi) is 6.09. The highest BCUT2D eigenvalue weighted by atomic mass is 35.5. The molecule has 6 nitrogen and oxygen atoms in total. The van der Waals surface area contributed by atoms with Gasteiger partial charge in [0.05, 0.1) is 16.1 Å². The number of aromatic nitrogens is 1. The molecule has 1 aliphatic heterocycles. The number of sulfonamides is 1. The third-order valence-electron chi connectivity index (χ3n) is 4.38. The van der Waals surface area contributed by atoms with E-state index in [2.05, 4.69) is 4.98 Å². The third-order valence-corrected chi connectivity index (χ3v) is 6.98. The van der Waals surface area contributed by atoms with E-state index in [1.165, 1.54) is 23.2 Å². The molecule has 2 aromatic rings. The number of carbonyl (C=O) groups excluding carboxylic acids is 1. The molecular formula is C17H14Cl2F3N3O3S. The zero-order valence-electron chi connectivity index (χ0n) is 14.7. The minimum atomic E-state index is -4.70. The van der Waals surface area contributed by atoms with Crippen LogP contribution in [0.3, 0.4) is 0 Å². The normalized spacial score (nSPS) is 16.1. The van der Waals surface area contributed by atoms with E-state index in [1.807, 2.05) is 0 Å². The summed E-state index contributed by atoms with van der Waals surface area (Å²) in [7, 11) is -4.26. The van der Waals surface area contributed by atoms with Crippen molar-refractivity contribution in [3.8, 4) is 0 Å². The van der Waals surface area contributed by atoms with E-state index >= 15 is 0 Å². The summed E-state index contributed by atoms with van der Waals surface area (Å²) in [5.74, 6) is -0.344. The van der Waals surface area contributed by atoms with Crippen LogP contribution >= 0.6 is 23.2 Å². The van der Waals surface area contributed by atoms with Crippen LogP contribution in [0, 0.1) is 0 Å². The zero-order valence-corrected chi connectivity index (χ0v) is 17.0. The van der Waals surface area contributed by atoms with Gasteiger partial charge in [-0.2, -0.15) is 17.5 Å². The van der Waals surface area contributed by atoms with Gasteiger partial charge in [0, 0.05) is 32.4 Å². The quantitative estimate of drug-likeness (QED) is 0.647. The Morgan fingerprint density at radius 2 is 1.69 bits per heavy atom. The minimum absolute atomic E-state index is 0.0667. The van der Waals surface area contributed by atoms with E-state index in [-0.39, 0.29) is 42.3 Å². The van der Waals surface area contributed by atoms with Crippen LogP contribution < -0.4 is 0 Å². The maximum Gasteiger partial charge on any atom is 0.416 e. The largest absolute Gasteiger partial charge is 0.416 e. The highest BCUT2D eigenvalue weighted by molar-refractivity contribution is 7.89. The monoisotopic (exact) mass is 467 g/mol. The lowest BCUT2D eigenvalue weighted by atomic mass is 10.2. The van der Waals surface area contributed by atoms with Crippen LogP contribution in [-0.2, 0) is 16.2 Å². The average molecular weight is 468 g/mol. The third kappa shape index (κ3) is 4.66. The van der Waals surface area contributed by atoms with Crippen molar-refractivity contribution in [3.63, 3.8) is 0 Å². The summed E-state index contributed by atoms with van der Waals surface area (Å²) >= 11 is 11.6. The topological polar surface area (TPSA) is 70.6 Å². The lowest BCUT2D eigenvalue weighted by molar-refractivity contribution is -0.137. The molecule has 156 valence electrons. The second kappa shape index (κ2) is 8.10. The van der Waals surface area contributed by atoms with Crippen LogP contribution in [-0.4, -0.2) is 54.7 Å². The molecule has 1 aromatic heterocycles. The zero-order chi connectivity index (χ0) is 21.4. The molecule has 12 heteroatoms. The number of hydrogen-bond acceptors (Lipinski definition) is 4. The number of hydrogen-bond donors (Lipinski definition) is 0. The number of benzene rings is 1. The number of alkyl halides is 3. The van der Waals surface area contributed by atoms with Crippen LogP contribution in [0.2, 0.25) is 10.2 Å². The molecule has 2 heterocycles. The van der Waals surface area contributed by atoms with E-state index < -0.39 is 26.7 Å². The van der Waals surface area contributed by atoms with Gasteiger partial charge in [0.2, 0.25) is 10.0 Å². The standard InChI is InChI=1S/C17H14Cl2F3N3O3S/c18-13-3-2-12(17(20,21)22)9-14(13)29(27,28)25-7-5-24(6-8-25)16(26)11-1-4-15(19)23-10-11/h1-4,9-10H,5-8H2. The maximum absolute atomic E-state index is 12.9. The van der Waals surface area contributed by atoms with Crippen LogP contribution in [0.15, 0.2) is 41.4 Å². The molecule has 1 aromatic carbocycles. The van der Waals surface area contributed by atoms with Crippen molar-refractivity contribution in [3.05, 3.63) is 57.8 Å². The Morgan fingerprint density at radius 1 is 1.03 bits per heavy atom. The first-order valence-corrected chi connectivity index (χ1v) is 10.5. The van der Waals surface area contributed by atoms with Gasteiger partial charge in [-0.1, -0.05) is 23.2 Å². The van der Waals surface area contributed by atoms with Crippen LogP contribution in [0.5, 0.6) is 0 Å². The Bertz CT molecular complexity index is 1020. The summed E-state index contributed by atoms with van der Waals surface area (Å²) in [6.45, 7) is -0.0299. The summed E-state index contributed by atoms with van der Waals surface area (Å²) in [6.07, 6.45) is -3.39. The van der Waals surface area contributed by atoms with Gasteiger partial charge in [-0.05, 0) is 30.3 Å². The van der Waals surface area contributed by atoms with Crippen LogP contribution in [0.4, 0.5) is 13.2 Å². The molecule has 0 N–H and O–H groups in total. The molecule has 1 fully saturated rings. The second-order valence-corrected chi connectivity index (χ2v) is 8.91. The predicted molar refractivity (Wildman–Crippen MR) is 100 cm³/mol. The maximum atomic E-state index is 12.9. The number of halogens is 5. The molecule has 3 rings (SSSR count). The second-order valence-electron chi connectivity index (χ2n) is 6.21. The first-order valence-electron chi connectivity index (χ1n) is 8.28. The van der Waals surface area contributed by atoms with E-state index in [1.54, 1.807) is 0 Å². The Labute approximate surface area is 174 Å². The van der Waals surface area contributed by atoms with Crippen molar-refractivity contribution in [2.75, 3.05) is 26.2 Å². The first kappa shape index (κ1) is 21.8. The molecule has 0 bridgehead atoms. The van der Waals surface area contributed by atoms with Crippen molar-refractivity contribution in [1.82, 2.24) is 14.2 Å². The molecule has 0 saturated carbocycles.